The molecule has 0 atom stereocenters. The number of rotatable bonds is 3. The first-order valence-electron chi connectivity index (χ1n) is 4.46. The average molecular weight is 215 g/mol. The Hall–Kier alpha value is -0.313. The van der Waals surface area contributed by atoms with Gasteiger partial charge >= 0.3 is 0 Å². The van der Waals surface area contributed by atoms with Crippen LogP contribution in [0.2, 0.25) is 18.1 Å². The van der Waals surface area contributed by atoms with Crippen molar-refractivity contribution in [3.63, 3.8) is 0 Å². The van der Waals surface area contributed by atoms with Crippen molar-refractivity contribution in [1.82, 2.24) is 0 Å². The summed E-state index contributed by atoms with van der Waals surface area (Å²) >= 11 is 5.92. The molecule has 1 nitrogen and oxygen atoms in total. The van der Waals surface area contributed by atoms with Crippen molar-refractivity contribution >= 4 is 25.1 Å². The summed E-state index contributed by atoms with van der Waals surface area (Å²) in [5.41, 5.74) is 0. The SMILES string of the molecule is CCO[Si](C)(C)c1cccc(Cl)c1. The summed E-state index contributed by atoms with van der Waals surface area (Å²) in [5.74, 6) is 0. The van der Waals surface area contributed by atoms with Crippen LogP contribution in [0.15, 0.2) is 24.3 Å². The molecule has 13 heavy (non-hydrogen) atoms. The molecule has 0 amide bonds. The summed E-state index contributed by atoms with van der Waals surface area (Å²) in [5, 5.41) is 2.04. The van der Waals surface area contributed by atoms with Crippen LogP contribution in [0.4, 0.5) is 0 Å². The van der Waals surface area contributed by atoms with Gasteiger partial charge < -0.3 is 4.43 Å². The second-order valence-electron chi connectivity index (χ2n) is 3.45. The Bertz CT molecular complexity index is 286. The summed E-state index contributed by atoms with van der Waals surface area (Å²) < 4.78 is 5.75. The topological polar surface area (TPSA) is 9.23 Å². The zero-order valence-corrected chi connectivity index (χ0v) is 10.1. The maximum absolute atomic E-state index is 5.92. The highest BCUT2D eigenvalue weighted by molar-refractivity contribution is 6.84. The van der Waals surface area contributed by atoms with Crippen molar-refractivity contribution in [2.45, 2.75) is 20.0 Å². The third-order valence-corrected chi connectivity index (χ3v) is 4.97. The molecule has 0 fully saturated rings. The van der Waals surface area contributed by atoms with Gasteiger partial charge in [0.05, 0.1) is 0 Å². The summed E-state index contributed by atoms with van der Waals surface area (Å²) in [4.78, 5) is 0. The lowest BCUT2D eigenvalue weighted by atomic mass is 10.4. The van der Waals surface area contributed by atoms with Crippen LogP contribution in [0.5, 0.6) is 0 Å². The van der Waals surface area contributed by atoms with Crippen LogP contribution in [-0.4, -0.2) is 14.9 Å². The van der Waals surface area contributed by atoms with Crippen LogP contribution >= 0.6 is 11.6 Å². The highest BCUT2D eigenvalue weighted by Crippen LogP contribution is 2.10. The van der Waals surface area contributed by atoms with E-state index < -0.39 is 8.32 Å². The third kappa shape index (κ3) is 2.83. The molecule has 0 saturated heterocycles. The minimum atomic E-state index is -1.70. The molecule has 0 N–H and O–H groups in total. The normalized spacial score (nSPS) is 11.7. The van der Waals surface area contributed by atoms with Crippen LogP contribution < -0.4 is 5.19 Å². The molecule has 1 rings (SSSR count). The van der Waals surface area contributed by atoms with Gasteiger partial charge in [-0.3, -0.25) is 0 Å². The molecule has 1 aromatic carbocycles. The molecule has 0 saturated carbocycles. The molecule has 0 aliphatic rings. The number of benzene rings is 1. The minimum Gasteiger partial charge on any atom is -0.413 e. The van der Waals surface area contributed by atoms with E-state index in [4.69, 9.17) is 16.0 Å². The fraction of sp³-hybridized carbons (Fsp3) is 0.400. The van der Waals surface area contributed by atoms with Gasteiger partial charge in [0.15, 0.2) is 0 Å². The van der Waals surface area contributed by atoms with E-state index in [9.17, 15) is 0 Å². The lowest BCUT2D eigenvalue weighted by Gasteiger charge is -2.22. The van der Waals surface area contributed by atoms with Gasteiger partial charge in [0.1, 0.15) is 0 Å². The molecule has 3 heteroatoms. The van der Waals surface area contributed by atoms with Gasteiger partial charge in [0.25, 0.3) is 0 Å². The maximum atomic E-state index is 5.92. The Balaban J connectivity index is 2.93. The summed E-state index contributed by atoms with van der Waals surface area (Å²) in [6.07, 6.45) is 0. The van der Waals surface area contributed by atoms with Crippen molar-refractivity contribution in [1.29, 1.82) is 0 Å². The predicted octanol–water partition coefficient (Wildman–Crippen LogP) is 2.79. The quantitative estimate of drug-likeness (QED) is 0.704. The lowest BCUT2D eigenvalue weighted by Crippen LogP contribution is -2.44. The number of hydrogen-bond donors (Lipinski definition) is 0. The lowest BCUT2D eigenvalue weighted by molar-refractivity contribution is 0.339. The Morgan fingerprint density at radius 3 is 2.62 bits per heavy atom. The molecule has 0 aliphatic heterocycles. The Morgan fingerprint density at radius 2 is 2.08 bits per heavy atom. The monoisotopic (exact) mass is 214 g/mol. The zero-order valence-electron chi connectivity index (χ0n) is 8.30. The third-order valence-electron chi connectivity index (χ3n) is 2.03. The van der Waals surface area contributed by atoms with Crippen LogP contribution in [0.1, 0.15) is 6.92 Å². The maximum Gasteiger partial charge on any atom is 0.218 e. The van der Waals surface area contributed by atoms with Gasteiger partial charge in [-0.2, -0.15) is 0 Å². The fourth-order valence-corrected chi connectivity index (χ4v) is 3.48. The molecule has 0 bridgehead atoms. The average Bonchev–Trinajstić information content (AvgIpc) is 2.04. The smallest absolute Gasteiger partial charge is 0.218 e. The van der Waals surface area contributed by atoms with Crippen LogP contribution in [0.3, 0.4) is 0 Å². The van der Waals surface area contributed by atoms with Crippen molar-refractivity contribution in [2.24, 2.45) is 0 Å². The Kier molecular flexibility index (Phi) is 3.53. The van der Waals surface area contributed by atoms with E-state index in [0.717, 1.165) is 11.6 Å². The molecular weight excluding hydrogens is 200 g/mol. The second kappa shape index (κ2) is 4.27. The number of halogens is 1. The zero-order chi connectivity index (χ0) is 9.90. The standard InChI is InChI=1S/C10H15ClOSi/c1-4-12-13(2,3)10-7-5-6-9(11)8-10/h5-8H,4H2,1-3H3. The van der Waals surface area contributed by atoms with Gasteiger partial charge in [-0.05, 0) is 37.3 Å². The second-order valence-corrected chi connectivity index (χ2v) is 7.78. The first-order valence-corrected chi connectivity index (χ1v) is 7.75. The van der Waals surface area contributed by atoms with Gasteiger partial charge in [-0.25, -0.2) is 0 Å². The molecule has 0 spiro atoms. The first kappa shape index (κ1) is 10.8. The van der Waals surface area contributed by atoms with Crippen LogP contribution in [0.25, 0.3) is 0 Å². The van der Waals surface area contributed by atoms with Crippen molar-refractivity contribution in [2.75, 3.05) is 6.61 Å². The molecule has 72 valence electrons. The highest BCUT2D eigenvalue weighted by Gasteiger charge is 2.24. The van der Waals surface area contributed by atoms with Crippen molar-refractivity contribution in [3.8, 4) is 0 Å². The molecular formula is C10H15ClOSi. The summed E-state index contributed by atoms with van der Waals surface area (Å²) in [6.45, 7) is 7.16. The predicted molar refractivity (Wildman–Crippen MR) is 60.2 cm³/mol. The van der Waals surface area contributed by atoms with Gasteiger partial charge in [-0.1, -0.05) is 23.7 Å². The molecule has 1 aromatic rings. The van der Waals surface area contributed by atoms with Crippen molar-refractivity contribution in [3.05, 3.63) is 29.3 Å². The van der Waals surface area contributed by atoms with Gasteiger partial charge in [0.2, 0.25) is 8.32 Å². The molecule has 0 unspecified atom stereocenters. The van der Waals surface area contributed by atoms with Crippen LogP contribution in [0, 0.1) is 0 Å². The van der Waals surface area contributed by atoms with E-state index >= 15 is 0 Å². The summed E-state index contributed by atoms with van der Waals surface area (Å²) in [6, 6.07) is 7.96. The molecule has 0 radical (unpaired) electrons. The molecule has 0 heterocycles. The van der Waals surface area contributed by atoms with E-state index in [1.54, 1.807) is 0 Å². The van der Waals surface area contributed by atoms with E-state index in [0.29, 0.717) is 0 Å². The number of hydrogen-bond acceptors (Lipinski definition) is 1. The molecule has 0 aromatic heterocycles. The highest BCUT2D eigenvalue weighted by atomic mass is 35.5. The van der Waals surface area contributed by atoms with Gasteiger partial charge in [-0.15, -0.1) is 0 Å². The van der Waals surface area contributed by atoms with Crippen LogP contribution in [-0.2, 0) is 4.43 Å². The van der Waals surface area contributed by atoms with E-state index in [1.807, 2.05) is 25.1 Å². The first-order chi connectivity index (χ1) is 6.06. The minimum absolute atomic E-state index is 0.770. The van der Waals surface area contributed by atoms with E-state index in [-0.39, 0.29) is 0 Å². The largest absolute Gasteiger partial charge is 0.413 e. The Morgan fingerprint density at radius 1 is 1.38 bits per heavy atom. The summed E-state index contributed by atoms with van der Waals surface area (Å²) in [7, 11) is -1.70. The fourth-order valence-electron chi connectivity index (χ4n) is 1.31. The van der Waals surface area contributed by atoms with Gasteiger partial charge in [0, 0.05) is 11.6 Å². The van der Waals surface area contributed by atoms with E-state index in [1.165, 1.54) is 5.19 Å². The molecule has 0 aliphatic carbocycles. The Labute approximate surface area is 85.8 Å². The van der Waals surface area contributed by atoms with Crippen molar-refractivity contribution < 1.29 is 4.43 Å². The van der Waals surface area contributed by atoms with E-state index in [2.05, 4.69) is 19.2 Å².